The highest BCUT2D eigenvalue weighted by molar-refractivity contribution is 14.0. The van der Waals surface area contributed by atoms with Crippen LogP contribution in [-0.4, -0.2) is 20.6 Å². The van der Waals surface area contributed by atoms with Crippen molar-refractivity contribution in [2.75, 3.05) is 11.6 Å². The largest absolute Gasteiger partial charge is 0.370 e. The molecule has 0 saturated heterocycles. The van der Waals surface area contributed by atoms with E-state index in [1.807, 2.05) is 18.2 Å². The predicted octanol–water partition coefficient (Wildman–Crippen LogP) is 4.07. The first-order valence-corrected chi connectivity index (χ1v) is 10.0. The molecule has 0 aliphatic rings. The molecule has 0 fully saturated rings. The number of nitrogens with two attached hydrogens (primary N) is 1. The number of rotatable bonds is 5. The molecule has 0 aliphatic heterocycles. The van der Waals surface area contributed by atoms with Crippen molar-refractivity contribution in [2.45, 2.75) is 38.1 Å². The summed E-state index contributed by atoms with van der Waals surface area (Å²) in [4.78, 5) is 4.68. The van der Waals surface area contributed by atoms with Crippen LogP contribution in [-0.2, 0) is 16.4 Å². The highest BCUT2D eigenvalue weighted by atomic mass is 127. The van der Waals surface area contributed by atoms with Crippen molar-refractivity contribution in [1.82, 2.24) is 0 Å². The zero-order chi connectivity index (χ0) is 18.6. The molecule has 2 aromatic carbocycles. The number of nitrogens with one attached hydrogen (secondary N) is 1. The number of halogens is 1. The van der Waals surface area contributed by atoms with E-state index >= 15 is 0 Å². The van der Waals surface area contributed by atoms with Crippen LogP contribution in [0.25, 0.3) is 0 Å². The second-order valence-electron chi connectivity index (χ2n) is 6.48. The van der Waals surface area contributed by atoms with Crippen molar-refractivity contribution in [2.24, 2.45) is 10.7 Å². The molecule has 0 unspecified atom stereocenters. The van der Waals surface area contributed by atoms with E-state index in [1.165, 1.54) is 11.8 Å². The zero-order valence-electron chi connectivity index (χ0n) is 15.5. The van der Waals surface area contributed by atoms with E-state index in [-0.39, 0.29) is 24.0 Å². The molecule has 0 aliphatic carbocycles. The molecule has 3 N–H and O–H groups in total. The van der Waals surface area contributed by atoms with Gasteiger partial charge in [-0.2, -0.15) is 0 Å². The summed E-state index contributed by atoms with van der Waals surface area (Å²) in [6, 6.07) is 13.3. The standard InChI is InChI=1S/C19H25N3O2S.HI/c1-13(2)16-6-5-7-17(11-16)22-19(20)21-12-15-8-9-18(14(3)10-15)25(4,23)24;/h5-11,13H,12H2,1-4H3,(H3,20,21,22);1H. The van der Waals surface area contributed by atoms with Crippen LogP contribution in [0.15, 0.2) is 52.4 Å². The lowest BCUT2D eigenvalue weighted by Crippen LogP contribution is -2.22. The molecule has 26 heavy (non-hydrogen) atoms. The fourth-order valence-corrected chi connectivity index (χ4v) is 3.52. The van der Waals surface area contributed by atoms with E-state index < -0.39 is 9.84 Å². The first kappa shape index (κ1) is 22.4. The summed E-state index contributed by atoms with van der Waals surface area (Å²) in [6.07, 6.45) is 1.21. The normalized spacial score (nSPS) is 12.0. The third-order valence-corrected chi connectivity index (χ3v) is 5.15. The Bertz CT molecular complexity index is 893. The van der Waals surface area contributed by atoms with E-state index in [4.69, 9.17) is 5.73 Å². The van der Waals surface area contributed by atoms with Crippen molar-refractivity contribution in [3.05, 3.63) is 59.2 Å². The van der Waals surface area contributed by atoms with Crippen LogP contribution >= 0.6 is 24.0 Å². The average Bonchev–Trinajstić information content (AvgIpc) is 2.52. The van der Waals surface area contributed by atoms with E-state index in [9.17, 15) is 8.42 Å². The molecule has 5 nitrogen and oxygen atoms in total. The van der Waals surface area contributed by atoms with E-state index in [1.54, 1.807) is 19.1 Å². The van der Waals surface area contributed by atoms with Crippen LogP contribution in [0.4, 0.5) is 5.69 Å². The van der Waals surface area contributed by atoms with Crippen molar-refractivity contribution < 1.29 is 8.42 Å². The van der Waals surface area contributed by atoms with Gasteiger partial charge in [0.05, 0.1) is 11.4 Å². The number of nitrogens with zero attached hydrogens (tertiary/aromatic N) is 1. The van der Waals surface area contributed by atoms with Gasteiger partial charge in [-0.25, -0.2) is 13.4 Å². The zero-order valence-corrected chi connectivity index (χ0v) is 18.6. The minimum atomic E-state index is -3.21. The Morgan fingerprint density at radius 3 is 2.46 bits per heavy atom. The molecule has 0 heterocycles. The van der Waals surface area contributed by atoms with Gasteiger partial charge in [0.1, 0.15) is 0 Å². The van der Waals surface area contributed by atoms with Gasteiger partial charge in [-0.1, -0.05) is 38.1 Å². The number of anilines is 1. The van der Waals surface area contributed by atoms with Gasteiger partial charge in [-0.15, -0.1) is 24.0 Å². The van der Waals surface area contributed by atoms with Gasteiger partial charge < -0.3 is 11.1 Å². The summed E-state index contributed by atoms with van der Waals surface area (Å²) in [5, 5.41) is 3.09. The monoisotopic (exact) mass is 487 g/mol. The Morgan fingerprint density at radius 2 is 1.88 bits per heavy atom. The third kappa shape index (κ3) is 6.28. The van der Waals surface area contributed by atoms with Crippen molar-refractivity contribution in [3.63, 3.8) is 0 Å². The van der Waals surface area contributed by atoms with Gasteiger partial charge in [-0.05, 0) is 47.7 Å². The number of sulfone groups is 1. The fraction of sp³-hybridized carbons (Fsp3) is 0.316. The fourth-order valence-electron chi connectivity index (χ4n) is 2.57. The summed E-state index contributed by atoms with van der Waals surface area (Å²) in [6.45, 7) is 6.44. The number of guanidine groups is 1. The maximum Gasteiger partial charge on any atom is 0.193 e. The van der Waals surface area contributed by atoms with Crippen LogP contribution in [0.2, 0.25) is 0 Å². The second kappa shape index (κ2) is 9.36. The highest BCUT2D eigenvalue weighted by Gasteiger charge is 2.10. The Morgan fingerprint density at radius 1 is 1.19 bits per heavy atom. The quantitative estimate of drug-likeness (QED) is 0.379. The predicted molar refractivity (Wildman–Crippen MR) is 119 cm³/mol. The van der Waals surface area contributed by atoms with E-state index in [0.29, 0.717) is 28.9 Å². The Kier molecular flexibility index (Phi) is 8.08. The van der Waals surface area contributed by atoms with Gasteiger partial charge in [0.2, 0.25) is 0 Å². The summed E-state index contributed by atoms with van der Waals surface area (Å²) in [7, 11) is -3.21. The van der Waals surface area contributed by atoms with Crippen LogP contribution < -0.4 is 11.1 Å². The molecule has 0 saturated carbocycles. The topological polar surface area (TPSA) is 84.5 Å². The number of hydrogen-bond donors (Lipinski definition) is 2. The molecule has 2 aromatic rings. The Hall–Kier alpha value is -1.61. The lowest BCUT2D eigenvalue weighted by atomic mass is 10.0. The van der Waals surface area contributed by atoms with Gasteiger partial charge >= 0.3 is 0 Å². The minimum Gasteiger partial charge on any atom is -0.370 e. The molecule has 0 amide bonds. The first-order chi connectivity index (χ1) is 11.7. The molecule has 0 radical (unpaired) electrons. The van der Waals surface area contributed by atoms with Crippen LogP contribution in [0, 0.1) is 6.92 Å². The van der Waals surface area contributed by atoms with Crippen molar-refractivity contribution >= 4 is 45.5 Å². The maximum absolute atomic E-state index is 11.7. The number of benzene rings is 2. The summed E-state index contributed by atoms with van der Waals surface area (Å²) >= 11 is 0. The highest BCUT2D eigenvalue weighted by Crippen LogP contribution is 2.19. The number of aliphatic imine (C=N–C) groups is 1. The number of aryl methyl sites for hydroxylation is 1. The summed E-state index contributed by atoms with van der Waals surface area (Å²) in [5.41, 5.74) is 9.71. The number of hydrogen-bond acceptors (Lipinski definition) is 3. The molecule has 2 rings (SSSR count). The summed E-state index contributed by atoms with van der Waals surface area (Å²) in [5.74, 6) is 0.766. The van der Waals surface area contributed by atoms with Gasteiger partial charge in [0.25, 0.3) is 0 Å². The molecular weight excluding hydrogens is 461 g/mol. The summed E-state index contributed by atoms with van der Waals surface area (Å²) < 4.78 is 23.3. The molecule has 7 heteroatoms. The Balaban J connectivity index is 0.00000338. The van der Waals surface area contributed by atoms with Gasteiger partial charge in [0.15, 0.2) is 15.8 Å². The van der Waals surface area contributed by atoms with E-state index in [2.05, 4.69) is 36.3 Å². The lowest BCUT2D eigenvalue weighted by molar-refractivity contribution is 0.601. The second-order valence-corrected chi connectivity index (χ2v) is 8.46. The molecule has 0 bridgehead atoms. The van der Waals surface area contributed by atoms with Crippen LogP contribution in [0.1, 0.15) is 36.5 Å². The average molecular weight is 487 g/mol. The Labute approximate surface area is 173 Å². The third-order valence-electron chi connectivity index (χ3n) is 3.90. The maximum atomic E-state index is 11.7. The lowest BCUT2D eigenvalue weighted by Gasteiger charge is -2.10. The van der Waals surface area contributed by atoms with Gasteiger partial charge in [0, 0.05) is 11.9 Å². The molecule has 0 atom stereocenters. The molecular formula is C19H26IN3O2S. The molecule has 0 aromatic heterocycles. The van der Waals surface area contributed by atoms with Crippen LogP contribution in [0.5, 0.6) is 0 Å². The first-order valence-electron chi connectivity index (χ1n) is 8.13. The molecule has 0 spiro atoms. The van der Waals surface area contributed by atoms with E-state index in [0.717, 1.165) is 11.3 Å². The van der Waals surface area contributed by atoms with Gasteiger partial charge in [-0.3, -0.25) is 0 Å². The van der Waals surface area contributed by atoms with Crippen LogP contribution in [0.3, 0.4) is 0 Å². The SMILES string of the molecule is Cc1cc(CN=C(N)Nc2cccc(C(C)C)c2)ccc1S(C)(=O)=O.I. The van der Waals surface area contributed by atoms with Crippen molar-refractivity contribution in [1.29, 1.82) is 0 Å². The molecule has 142 valence electrons. The smallest absolute Gasteiger partial charge is 0.193 e. The van der Waals surface area contributed by atoms with Crippen molar-refractivity contribution in [3.8, 4) is 0 Å². The minimum absolute atomic E-state index is 0.